The molecule has 0 radical (unpaired) electrons. The summed E-state index contributed by atoms with van der Waals surface area (Å²) in [6, 6.07) is 0. The average molecular weight is 575 g/mol. The van der Waals surface area contributed by atoms with Crippen LogP contribution in [0.25, 0.3) is 0 Å². The Morgan fingerprint density at radius 3 is 0.528 bits per heavy atom. The Bertz CT molecular complexity index is 314. The first-order chi connectivity index (χ1) is 17.4. The molecule has 0 rings (SSSR count). The van der Waals surface area contributed by atoms with Gasteiger partial charge in [-0.05, 0) is 12.8 Å². The first-order valence-corrected chi connectivity index (χ1v) is 17.2. The third-order valence-electron chi connectivity index (χ3n) is 8.10. The number of quaternary nitrogens is 1. The maximum absolute atomic E-state index is 3.92. The fraction of sp³-hybridized carbons (Fsp3) is 1.00. The molecular weight excluding hydrogens is 502 g/mol. The summed E-state index contributed by atoms with van der Waals surface area (Å²) in [7, 11) is 0. The van der Waals surface area contributed by atoms with Gasteiger partial charge in [-0.15, -0.1) is 0 Å². The van der Waals surface area contributed by atoms with Crippen LogP contribution in [0.5, 0.6) is 0 Å². The molecule has 3 N–H and O–H groups in total. The zero-order chi connectivity index (χ0) is 25.3. The van der Waals surface area contributed by atoms with Crippen LogP contribution in [0.3, 0.4) is 0 Å². The molecular formula is C34H72BrN. The summed E-state index contributed by atoms with van der Waals surface area (Å²) in [5.41, 5.74) is 3.92. The lowest BCUT2D eigenvalue weighted by atomic mass is 10.0. The SMILES string of the molecule is CCCCCCCCCCCCCCCCCCCCCCCCCCCCCCCCCC[NH3+].[Br-]. The highest BCUT2D eigenvalue weighted by Crippen LogP contribution is 2.16. The van der Waals surface area contributed by atoms with E-state index in [4.69, 9.17) is 0 Å². The Balaban J connectivity index is 0. The summed E-state index contributed by atoms with van der Waals surface area (Å²) in [5, 5.41) is 0. The van der Waals surface area contributed by atoms with Crippen LogP contribution in [0.1, 0.15) is 212 Å². The van der Waals surface area contributed by atoms with E-state index in [0.29, 0.717) is 0 Å². The van der Waals surface area contributed by atoms with Gasteiger partial charge in [0, 0.05) is 0 Å². The van der Waals surface area contributed by atoms with E-state index in [9.17, 15) is 0 Å². The largest absolute Gasteiger partial charge is 1.00 e. The molecule has 0 spiro atoms. The highest BCUT2D eigenvalue weighted by molar-refractivity contribution is 4.52. The van der Waals surface area contributed by atoms with Crippen molar-refractivity contribution in [1.82, 2.24) is 0 Å². The molecule has 0 aliphatic carbocycles. The van der Waals surface area contributed by atoms with Gasteiger partial charge in [0.2, 0.25) is 0 Å². The number of unbranched alkanes of at least 4 members (excludes halogenated alkanes) is 31. The molecule has 0 aromatic carbocycles. The van der Waals surface area contributed by atoms with Gasteiger partial charge < -0.3 is 22.7 Å². The van der Waals surface area contributed by atoms with Crippen molar-refractivity contribution in [3.05, 3.63) is 0 Å². The lowest BCUT2D eigenvalue weighted by Gasteiger charge is -2.04. The third kappa shape index (κ3) is 36.6. The van der Waals surface area contributed by atoms with Crippen LogP contribution in [-0.4, -0.2) is 6.54 Å². The highest BCUT2D eigenvalue weighted by Gasteiger charge is 1.97. The van der Waals surface area contributed by atoms with Crippen molar-refractivity contribution in [2.75, 3.05) is 6.54 Å². The first kappa shape index (κ1) is 38.6. The van der Waals surface area contributed by atoms with Crippen molar-refractivity contribution in [3.63, 3.8) is 0 Å². The zero-order valence-electron chi connectivity index (χ0n) is 25.4. The van der Waals surface area contributed by atoms with Gasteiger partial charge in [-0.1, -0.05) is 200 Å². The Hall–Kier alpha value is 0.440. The molecule has 0 aliphatic rings. The van der Waals surface area contributed by atoms with E-state index in [-0.39, 0.29) is 17.0 Å². The summed E-state index contributed by atoms with van der Waals surface area (Å²) in [6.07, 6.45) is 47.1. The predicted molar refractivity (Wildman–Crippen MR) is 161 cm³/mol. The van der Waals surface area contributed by atoms with E-state index in [0.717, 1.165) is 6.54 Å². The molecule has 0 atom stereocenters. The van der Waals surface area contributed by atoms with Gasteiger partial charge in [0.15, 0.2) is 0 Å². The topological polar surface area (TPSA) is 27.6 Å². The normalized spacial score (nSPS) is 11.2. The second kappa shape index (κ2) is 37.6. The number of hydrogen-bond donors (Lipinski definition) is 1. The van der Waals surface area contributed by atoms with E-state index in [2.05, 4.69) is 12.7 Å². The van der Waals surface area contributed by atoms with Crippen LogP contribution in [0.15, 0.2) is 0 Å². The molecule has 0 bridgehead atoms. The summed E-state index contributed by atoms with van der Waals surface area (Å²) >= 11 is 0. The Kier molecular flexibility index (Phi) is 40.3. The molecule has 2 heteroatoms. The van der Waals surface area contributed by atoms with E-state index >= 15 is 0 Å². The smallest absolute Gasteiger partial charge is 0.0739 e. The molecule has 0 aliphatic heterocycles. The molecule has 0 unspecified atom stereocenters. The van der Waals surface area contributed by atoms with Crippen LogP contribution in [0.4, 0.5) is 0 Å². The first-order valence-electron chi connectivity index (χ1n) is 17.2. The Labute approximate surface area is 241 Å². The second-order valence-electron chi connectivity index (χ2n) is 11.8. The van der Waals surface area contributed by atoms with E-state index < -0.39 is 0 Å². The standard InChI is InChI=1S/C34H71N.BrH/c1-2-3-4-5-6-7-8-9-10-11-12-13-14-15-16-17-18-19-20-21-22-23-24-25-26-27-28-29-30-31-32-33-34-35;/h2-35H2,1H3;1H. The minimum Gasteiger partial charge on any atom is -1.00 e. The van der Waals surface area contributed by atoms with Crippen molar-refractivity contribution in [1.29, 1.82) is 0 Å². The summed E-state index contributed by atoms with van der Waals surface area (Å²) in [5.74, 6) is 0. The van der Waals surface area contributed by atoms with E-state index in [1.165, 1.54) is 205 Å². The zero-order valence-corrected chi connectivity index (χ0v) is 27.0. The highest BCUT2D eigenvalue weighted by atomic mass is 79.9. The summed E-state index contributed by atoms with van der Waals surface area (Å²) in [6.45, 7) is 3.43. The molecule has 36 heavy (non-hydrogen) atoms. The summed E-state index contributed by atoms with van der Waals surface area (Å²) < 4.78 is 0. The molecule has 0 aromatic rings. The molecule has 0 amide bonds. The fourth-order valence-corrected chi connectivity index (χ4v) is 5.55. The van der Waals surface area contributed by atoms with Crippen molar-refractivity contribution < 1.29 is 22.7 Å². The minimum absolute atomic E-state index is 0. The van der Waals surface area contributed by atoms with E-state index in [1.54, 1.807) is 0 Å². The molecule has 0 saturated carbocycles. The lowest BCUT2D eigenvalue weighted by Crippen LogP contribution is -3.00. The van der Waals surface area contributed by atoms with Crippen molar-refractivity contribution in [2.45, 2.75) is 212 Å². The fourth-order valence-electron chi connectivity index (χ4n) is 5.55. The molecule has 0 fully saturated rings. The molecule has 0 heterocycles. The maximum Gasteiger partial charge on any atom is 0.0739 e. The quantitative estimate of drug-likeness (QED) is 0.0778. The maximum atomic E-state index is 3.92. The molecule has 1 nitrogen and oxygen atoms in total. The summed E-state index contributed by atoms with van der Waals surface area (Å²) in [4.78, 5) is 0. The van der Waals surface area contributed by atoms with E-state index in [1.807, 2.05) is 0 Å². The third-order valence-corrected chi connectivity index (χ3v) is 8.10. The van der Waals surface area contributed by atoms with Crippen LogP contribution >= 0.6 is 0 Å². The minimum atomic E-state index is 0. The predicted octanol–water partition coefficient (Wildman–Crippen LogP) is 8.74. The van der Waals surface area contributed by atoms with Crippen molar-refractivity contribution >= 4 is 0 Å². The van der Waals surface area contributed by atoms with Gasteiger partial charge in [-0.3, -0.25) is 0 Å². The Morgan fingerprint density at radius 2 is 0.389 bits per heavy atom. The van der Waals surface area contributed by atoms with Gasteiger partial charge in [-0.25, -0.2) is 0 Å². The van der Waals surface area contributed by atoms with Crippen LogP contribution < -0.4 is 22.7 Å². The van der Waals surface area contributed by atoms with Gasteiger partial charge in [0.25, 0.3) is 0 Å². The van der Waals surface area contributed by atoms with Crippen molar-refractivity contribution in [2.24, 2.45) is 0 Å². The lowest BCUT2D eigenvalue weighted by molar-refractivity contribution is -0.368. The van der Waals surface area contributed by atoms with Crippen LogP contribution in [-0.2, 0) is 0 Å². The Morgan fingerprint density at radius 1 is 0.250 bits per heavy atom. The second-order valence-corrected chi connectivity index (χ2v) is 11.8. The number of halogens is 1. The number of rotatable bonds is 32. The van der Waals surface area contributed by atoms with Gasteiger partial charge >= 0.3 is 0 Å². The molecule has 220 valence electrons. The monoisotopic (exact) mass is 573 g/mol. The van der Waals surface area contributed by atoms with Crippen molar-refractivity contribution in [3.8, 4) is 0 Å². The number of hydrogen-bond acceptors (Lipinski definition) is 0. The van der Waals surface area contributed by atoms with Gasteiger partial charge in [0.05, 0.1) is 6.54 Å². The van der Waals surface area contributed by atoms with Gasteiger partial charge in [0.1, 0.15) is 0 Å². The average Bonchev–Trinajstić information content (AvgIpc) is 2.87. The van der Waals surface area contributed by atoms with Crippen LogP contribution in [0.2, 0.25) is 0 Å². The molecule has 0 aromatic heterocycles. The molecule has 0 saturated heterocycles. The van der Waals surface area contributed by atoms with Crippen LogP contribution in [0, 0.1) is 0 Å². The van der Waals surface area contributed by atoms with Gasteiger partial charge in [-0.2, -0.15) is 0 Å².